The minimum atomic E-state index is -4.62. The molecule has 0 radical (unpaired) electrons. The Bertz CT molecular complexity index is 920. The zero-order chi connectivity index (χ0) is 19.9. The molecule has 28 heavy (non-hydrogen) atoms. The number of carbonyl (C=O) groups is 1. The minimum absolute atomic E-state index is 0. The molecule has 2 amide bonds. The van der Waals surface area contributed by atoms with Gasteiger partial charge in [-0.2, -0.15) is 13.4 Å². The van der Waals surface area contributed by atoms with Gasteiger partial charge in [0.15, 0.2) is 17.5 Å². The van der Waals surface area contributed by atoms with Gasteiger partial charge in [-0.25, -0.2) is 4.98 Å². The van der Waals surface area contributed by atoms with Crippen molar-refractivity contribution in [1.82, 2.24) is 9.97 Å². The van der Waals surface area contributed by atoms with E-state index in [-0.39, 0.29) is 58.0 Å². The number of urea groups is 1. The number of rotatable bonds is 8. The topological polar surface area (TPSA) is 131 Å². The van der Waals surface area contributed by atoms with Gasteiger partial charge in [0.25, 0.3) is 0 Å². The van der Waals surface area contributed by atoms with Crippen molar-refractivity contribution in [2.75, 3.05) is 23.5 Å². The quantitative estimate of drug-likeness (QED) is 0.213. The summed E-state index contributed by atoms with van der Waals surface area (Å²) in [6.45, 7) is 0.354. The summed E-state index contributed by atoms with van der Waals surface area (Å²) >= 11 is 7.84. The van der Waals surface area contributed by atoms with Gasteiger partial charge in [-0.3, -0.25) is 9.52 Å². The van der Waals surface area contributed by atoms with Gasteiger partial charge in [0.1, 0.15) is 11.1 Å². The van der Waals surface area contributed by atoms with Crippen molar-refractivity contribution in [2.24, 2.45) is 0 Å². The molecule has 0 fully saturated rings. The predicted molar refractivity (Wildman–Crippen MR) is 106 cm³/mol. The van der Waals surface area contributed by atoms with Gasteiger partial charge in [0.2, 0.25) is 5.88 Å². The smallest absolute Gasteiger partial charge is 0.489 e. The third-order valence-corrected chi connectivity index (χ3v) is 4.09. The number of para-hydroxylation sites is 2. The first-order valence-corrected chi connectivity index (χ1v) is 10.4. The number of nitrogens with zero attached hydrogens (tertiary/aromatic N) is 3. The molecule has 1 N–H and O–H groups in total. The molecular weight excluding hydrogens is 538 g/mol. The largest absolute Gasteiger partial charge is 1.00 e. The molecule has 0 bridgehead atoms. The minimum Gasteiger partial charge on any atom is -0.489 e. The fourth-order valence-corrected chi connectivity index (χ4v) is 2.74. The zero-order valence-electron chi connectivity index (χ0n) is 14.8. The first kappa shape index (κ1) is 25.0. The number of amides is 2. The van der Waals surface area contributed by atoms with Crippen molar-refractivity contribution in [2.45, 2.75) is 0 Å². The summed E-state index contributed by atoms with van der Waals surface area (Å²) in [5, 5.41) is 2.05. The Morgan fingerprint density at radius 1 is 1.29 bits per heavy atom. The normalized spacial score (nSPS) is 10.4. The van der Waals surface area contributed by atoms with Crippen LogP contribution in [0, 0.1) is 0 Å². The summed E-state index contributed by atoms with van der Waals surface area (Å²) in [5.74, 6) is -0.101. The molecule has 0 saturated heterocycles. The number of nitrogens with one attached hydrogen (secondary N) is 1. The molecule has 0 aliphatic heterocycles. The average Bonchev–Trinajstić information content (AvgIpc) is 2.59. The van der Waals surface area contributed by atoms with E-state index in [0.717, 1.165) is 0 Å². The molecule has 146 valence electrons. The van der Waals surface area contributed by atoms with Crippen LogP contribution in [0.1, 0.15) is 0 Å². The fraction of sp³-hybridized carbons (Fsp3) is 0.214. The molecule has 1 heterocycles. The number of ether oxygens (including phenoxy) is 2. The van der Waals surface area contributed by atoms with Crippen molar-refractivity contribution in [3.63, 3.8) is 0 Å². The summed E-state index contributed by atoms with van der Waals surface area (Å²) in [5.41, 5.74) is 0. The van der Waals surface area contributed by atoms with E-state index in [1.54, 1.807) is 12.1 Å². The fourth-order valence-electron chi connectivity index (χ4n) is 1.70. The zero-order valence-corrected chi connectivity index (χ0v) is 20.5. The van der Waals surface area contributed by atoms with Gasteiger partial charge in [-0.05, 0) is 12.1 Å². The van der Waals surface area contributed by atoms with Crippen LogP contribution in [0.5, 0.6) is 17.4 Å². The maximum atomic E-state index is 12.0. The number of alkyl halides is 1. The van der Waals surface area contributed by atoms with Crippen molar-refractivity contribution < 1.29 is 56.4 Å². The average molecular weight is 551 g/mol. The van der Waals surface area contributed by atoms with E-state index in [9.17, 15) is 13.2 Å². The molecule has 14 heteroatoms. The number of hydrogen-bond donors (Lipinski definition) is 1. The summed E-state index contributed by atoms with van der Waals surface area (Å²) in [7, 11) is -3.28. The number of carbonyl (C=O) groups excluding carboxylic acids is 1. The van der Waals surface area contributed by atoms with E-state index in [2.05, 4.69) is 42.6 Å². The second-order valence-corrected chi connectivity index (χ2v) is 7.24. The van der Waals surface area contributed by atoms with Crippen molar-refractivity contribution in [3.8, 4) is 17.4 Å². The van der Waals surface area contributed by atoms with Crippen LogP contribution in [0.15, 0.2) is 30.3 Å². The van der Waals surface area contributed by atoms with Crippen LogP contribution in [0.25, 0.3) is 4.72 Å². The van der Waals surface area contributed by atoms with Crippen LogP contribution < -0.4 is 48.5 Å². The van der Waals surface area contributed by atoms with Gasteiger partial charge in [-0.1, -0.05) is 46.3 Å². The summed E-state index contributed by atoms with van der Waals surface area (Å²) in [6, 6.07) is 6.14. The molecule has 0 atom stereocenters. The maximum Gasteiger partial charge on any atom is 1.00 e. The Morgan fingerprint density at radius 2 is 1.96 bits per heavy atom. The van der Waals surface area contributed by atoms with E-state index >= 15 is 0 Å². The molecule has 0 saturated carbocycles. The number of anilines is 1. The molecule has 1 aromatic heterocycles. The Balaban J connectivity index is 0.00000392. The summed E-state index contributed by atoms with van der Waals surface area (Å²) in [4.78, 5) is 19.4. The van der Waals surface area contributed by atoms with Crippen molar-refractivity contribution in [1.29, 1.82) is 0 Å². The maximum absolute atomic E-state index is 12.0. The number of halogens is 2. The molecule has 2 rings (SSSR count). The molecule has 0 aliphatic carbocycles. The third kappa shape index (κ3) is 8.13. The third-order valence-electron chi connectivity index (χ3n) is 2.67. The van der Waals surface area contributed by atoms with Crippen molar-refractivity contribution in [3.05, 3.63) is 40.2 Å². The summed E-state index contributed by atoms with van der Waals surface area (Å²) in [6.07, 6.45) is 0. The Labute approximate surface area is 202 Å². The second kappa shape index (κ2) is 11.8. The number of methoxy groups -OCH3 is 1. The van der Waals surface area contributed by atoms with Crippen LogP contribution in [-0.4, -0.2) is 42.6 Å². The van der Waals surface area contributed by atoms with Crippen LogP contribution >= 0.6 is 34.2 Å². The van der Waals surface area contributed by atoms with Crippen LogP contribution in [0.4, 0.5) is 10.7 Å². The molecule has 0 aliphatic rings. The number of benzene rings is 1. The molecule has 1 aromatic carbocycles. The first-order valence-electron chi connectivity index (χ1n) is 7.17. The van der Waals surface area contributed by atoms with Gasteiger partial charge < -0.3 is 19.0 Å². The number of hydrogen-bond acceptors (Lipinski definition) is 8. The van der Waals surface area contributed by atoms with E-state index < -0.39 is 16.3 Å². The molecule has 2 aromatic rings. The summed E-state index contributed by atoms with van der Waals surface area (Å²) < 4.78 is 42.8. The van der Waals surface area contributed by atoms with Gasteiger partial charge >= 0.3 is 39.9 Å². The van der Waals surface area contributed by atoms with E-state index in [1.807, 2.05) is 0 Å². The van der Waals surface area contributed by atoms with E-state index in [1.165, 1.54) is 25.3 Å². The SMILES string of the molecule is COc1cc(Cl)nc(NC(=O)[N-]S(=O)(=O)Oc2ccccc2OCCI)n1.[Na+]. The van der Waals surface area contributed by atoms with Crippen LogP contribution in [0.3, 0.4) is 0 Å². The molecule has 10 nitrogen and oxygen atoms in total. The monoisotopic (exact) mass is 550 g/mol. The van der Waals surface area contributed by atoms with Crippen molar-refractivity contribution >= 4 is 56.5 Å². The Kier molecular flexibility index (Phi) is 10.5. The molecule has 0 spiro atoms. The number of aromatic nitrogens is 2. The molecule has 0 unspecified atom stereocenters. The standard InChI is InChI=1S/C14H14ClIN4O6S.Na/c1-24-12-8-11(15)17-13(18-12)19-14(21)20-27(22,23)26-10-5-3-2-4-9(10)25-7-6-16;/h2-5,8H,6-7H2,1H3,(H2,17,18,19,20,21);/q;+1/p-1. The van der Waals surface area contributed by atoms with Gasteiger partial charge in [-0.15, -0.1) is 0 Å². The second-order valence-electron chi connectivity index (χ2n) is 4.57. The van der Waals surface area contributed by atoms with E-state index in [0.29, 0.717) is 11.0 Å². The molecular formula is C14H13ClIN4NaO6S. The Morgan fingerprint density at radius 3 is 2.61 bits per heavy atom. The Hall–Kier alpha value is -1.06. The first-order chi connectivity index (χ1) is 12.8. The van der Waals surface area contributed by atoms with Crippen LogP contribution in [0.2, 0.25) is 5.15 Å². The van der Waals surface area contributed by atoms with E-state index in [4.69, 9.17) is 25.3 Å². The van der Waals surface area contributed by atoms with Gasteiger partial charge in [0.05, 0.1) is 13.7 Å². The predicted octanol–water partition coefficient (Wildman–Crippen LogP) is 0.186. The van der Waals surface area contributed by atoms with Gasteiger partial charge in [0, 0.05) is 10.5 Å². The van der Waals surface area contributed by atoms with Crippen LogP contribution in [-0.2, 0) is 10.3 Å².